The van der Waals surface area contributed by atoms with Crippen molar-refractivity contribution >= 4 is 23.8 Å². The van der Waals surface area contributed by atoms with E-state index >= 15 is 0 Å². The molecular formula is C24H33NO5S. The molecule has 7 heteroatoms. The maximum atomic E-state index is 13.2. The van der Waals surface area contributed by atoms with Gasteiger partial charge in [0.05, 0.1) is 5.41 Å². The van der Waals surface area contributed by atoms with Gasteiger partial charge < -0.3 is 19.5 Å². The molecule has 1 atom stereocenters. The fourth-order valence-electron chi connectivity index (χ4n) is 3.04. The number of nitrogens with zero attached hydrogens (tertiary/aromatic N) is 1. The largest absolute Gasteiger partial charge is 0.481 e. The van der Waals surface area contributed by atoms with Crippen LogP contribution in [0.5, 0.6) is 5.75 Å². The number of carbonyl (C=O) groups excluding carboxylic acids is 1. The van der Waals surface area contributed by atoms with E-state index in [-0.39, 0.29) is 17.5 Å². The topological polar surface area (TPSA) is 76.1 Å². The number of amides is 1. The third-order valence-electron chi connectivity index (χ3n) is 5.75. The number of benzene rings is 1. The molecule has 0 aliphatic carbocycles. The summed E-state index contributed by atoms with van der Waals surface area (Å²) in [7, 11) is 0. The zero-order chi connectivity index (χ0) is 23.1. The minimum Gasteiger partial charge on any atom is -0.481 e. The standard InChI is InChI=1S/C24H33NO5S/c1-6-7-16-29-19-8-10-20(11-9-19)31-17-24(12-14-25(15-13-24)22(27)28)21(26)30-18(2)23(3,4)5/h8-11,18H,12-17H2,1-5H3,(H,27,28). The smallest absolute Gasteiger partial charge is 0.407 e. The fourth-order valence-corrected chi connectivity index (χ4v) is 4.22. The van der Waals surface area contributed by atoms with Crippen LogP contribution in [0.3, 0.4) is 0 Å². The van der Waals surface area contributed by atoms with Crippen molar-refractivity contribution < 1.29 is 24.2 Å². The lowest BCUT2D eigenvalue weighted by Crippen LogP contribution is -2.49. The summed E-state index contributed by atoms with van der Waals surface area (Å²) in [6, 6.07) is 7.70. The molecule has 31 heavy (non-hydrogen) atoms. The number of piperidine rings is 1. The molecule has 1 aromatic carbocycles. The predicted octanol–water partition coefficient (Wildman–Crippen LogP) is 4.92. The predicted molar refractivity (Wildman–Crippen MR) is 122 cm³/mol. The van der Waals surface area contributed by atoms with Gasteiger partial charge in [-0.15, -0.1) is 17.7 Å². The van der Waals surface area contributed by atoms with Crippen LogP contribution < -0.4 is 4.74 Å². The normalized spacial score (nSPS) is 16.6. The molecular weight excluding hydrogens is 414 g/mol. The van der Waals surface area contributed by atoms with Crippen molar-refractivity contribution in [2.24, 2.45) is 10.8 Å². The van der Waals surface area contributed by atoms with E-state index in [9.17, 15) is 14.7 Å². The highest BCUT2D eigenvalue weighted by molar-refractivity contribution is 7.99. The minimum absolute atomic E-state index is 0.163. The number of hydrogen-bond acceptors (Lipinski definition) is 5. The van der Waals surface area contributed by atoms with Crippen molar-refractivity contribution in [3.05, 3.63) is 24.3 Å². The van der Waals surface area contributed by atoms with Crippen molar-refractivity contribution in [1.82, 2.24) is 4.90 Å². The summed E-state index contributed by atoms with van der Waals surface area (Å²) in [5, 5.41) is 9.29. The first-order valence-electron chi connectivity index (χ1n) is 10.5. The summed E-state index contributed by atoms with van der Waals surface area (Å²) < 4.78 is 11.4. The Balaban J connectivity index is 2.09. The van der Waals surface area contributed by atoms with E-state index in [1.807, 2.05) is 52.0 Å². The molecule has 1 amide bonds. The molecule has 0 aromatic heterocycles. The monoisotopic (exact) mass is 447 g/mol. The van der Waals surface area contributed by atoms with Crippen molar-refractivity contribution in [2.45, 2.75) is 58.5 Å². The van der Waals surface area contributed by atoms with Crippen molar-refractivity contribution in [1.29, 1.82) is 0 Å². The van der Waals surface area contributed by atoms with Crippen molar-refractivity contribution in [2.75, 3.05) is 25.4 Å². The van der Waals surface area contributed by atoms with Gasteiger partial charge in [-0.25, -0.2) is 4.79 Å². The lowest BCUT2D eigenvalue weighted by Gasteiger charge is -2.40. The van der Waals surface area contributed by atoms with E-state index in [4.69, 9.17) is 9.47 Å². The molecule has 1 heterocycles. The molecule has 0 bridgehead atoms. The fraction of sp³-hybridized carbons (Fsp3) is 0.583. The number of likely N-dealkylation sites (tertiary alicyclic amines) is 1. The second kappa shape index (κ2) is 10.8. The Bertz CT molecular complexity index is 811. The van der Waals surface area contributed by atoms with E-state index in [0.717, 1.165) is 10.6 Å². The average molecular weight is 448 g/mol. The molecule has 1 saturated heterocycles. The van der Waals surface area contributed by atoms with Gasteiger partial charge in [0.2, 0.25) is 0 Å². The molecule has 0 radical (unpaired) electrons. The number of hydrogen-bond donors (Lipinski definition) is 1. The second-order valence-electron chi connectivity index (χ2n) is 8.94. The van der Waals surface area contributed by atoms with Crippen LogP contribution in [-0.4, -0.2) is 53.6 Å². The number of rotatable bonds is 7. The number of carboxylic acid groups (broad SMARTS) is 1. The molecule has 1 aliphatic heterocycles. The van der Waals surface area contributed by atoms with E-state index < -0.39 is 11.5 Å². The molecule has 1 unspecified atom stereocenters. The SMILES string of the molecule is CC#CCOc1ccc(SCC2(C(=O)OC(C)C(C)(C)C)CCN(C(=O)O)CC2)cc1. The first kappa shape index (κ1) is 24.9. The van der Waals surface area contributed by atoms with E-state index in [2.05, 4.69) is 11.8 Å². The Morgan fingerprint density at radius 2 is 1.84 bits per heavy atom. The van der Waals surface area contributed by atoms with E-state index in [1.54, 1.807) is 18.7 Å². The maximum Gasteiger partial charge on any atom is 0.407 e. The third-order valence-corrected chi connectivity index (χ3v) is 7.06. The van der Waals surface area contributed by atoms with Crippen LogP contribution in [-0.2, 0) is 9.53 Å². The van der Waals surface area contributed by atoms with Crippen LogP contribution in [0.4, 0.5) is 4.79 Å². The molecule has 0 saturated carbocycles. The summed E-state index contributed by atoms with van der Waals surface area (Å²) in [5.74, 6) is 6.70. The van der Waals surface area contributed by atoms with Crippen LogP contribution in [0.1, 0.15) is 47.5 Å². The van der Waals surface area contributed by atoms with Gasteiger partial charge >= 0.3 is 12.1 Å². The summed E-state index contributed by atoms with van der Waals surface area (Å²) in [5.41, 5.74) is -0.869. The first-order valence-corrected chi connectivity index (χ1v) is 11.5. The van der Waals surface area contributed by atoms with Gasteiger partial charge in [0.1, 0.15) is 18.5 Å². The van der Waals surface area contributed by atoms with Gasteiger partial charge in [-0.1, -0.05) is 26.7 Å². The van der Waals surface area contributed by atoms with Gasteiger partial charge in [0, 0.05) is 23.7 Å². The molecule has 1 aromatic rings. The third kappa shape index (κ3) is 7.10. The molecule has 6 nitrogen and oxygen atoms in total. The number of esters is 1. The molecule has 0 spiro atoms. The highest BCUT2D eigenvalue weighted by atomic mass is 32.2. The van der Waals surface area contributed by atoms with Crippen LogP contribution in [0.2, 0.25) is 0 Å². The van der Waals surface area contributed by atoms with Crippen molar-refractivity contribution in [3.63, 3.8) is 0 Å². The van der Waals surface area contributed by atoms with Gasteiger partial charge in [0.15, 0.2) is 0 Å². The summed E-state index contributed by atoms with van der Waals surface area (Å²) >= 11 is 1.59. The Morgan fingerprint density at radius 1 is 1.23 bits per heavy atom. The highest BCUT2D eigenvalue weighted by Crippen LogP contribution is 2.40. The van der Waals surface area contributed by atoms with Crippen molar-refractivity contribution in [3.8, 4) is 17.6 Å². The minimum atomic E-state index is -0.943. The molecule has 2 rings (SSSR count). The Morgan fingerprint density at radius 3 is 2.35 bits per heavy atom. The summed E-state index contributed by atoms with van der Waals surface area (Å²) in [6.45, 7) is 10.8. The van der Waals surface area contributed by atoms with Crippen LogP contribution in [0.15, 0.2) is 29.2 Å². The van der Waals surface area contributed by atoms with Crippen LogP contribution in [0.25, 0.3) is 0 Å². The Kier molecular flexibility index (Phi) is 8.69. The number of ether oxygens (including phenoxy) is 2. The summed E-state index contributed by atoms with van der Waals surface area (Å²) in [6.07, 6.45) is -0.263. The van der Waals surface area contributed by atoms with Gasteiger partial charge in [-0.2, -0.15) is 0 Å². The van der Waals surface area contributed by atoms with E-state index in [1.165, 1.54) is 4.90 Å². The van der Waals surface area contributed by atoms with Gasteiger partial charge in [-0.3, -0.25) is 4.79 Å². The highest BCUT2D eigenvalue weighted by Gasteiger charge is 2.45. The van der Waals surface area contributed by atoms with Gasteiger partial charge in [0.25, 0.3) is 0 Å². The number of thioether (sulfide) groups is 1. The maximum absolute atomic E-state index is 13.2. The zero-order valence-corrected chi connectivity index (χ0v) is 19.9. The zero-order valence-electron chi connectivity index (χ0n) is 19.1. The second-order valence-corrected chi connectivity index (χ2v) is 9.99. The molecule has 170 valence electrons. The average Bonchev–Trinajstić information content (AvgIpc) is 2.73. The lowest BCUT2D eigenvalue weighted by atomic mass is 9.80. The van der Waals surface area contributed by atoms with E-state index in [0.29, 0.717) is 38.3 Å². The molecule has 1 fully saturated rings. The lowest BCUT2D eigenvalue weighted by molar-refractivity contribution is -0.167. The quantitative estimate of drug-likeness (QED) is 0.363. The number of carbonyl (C=O) groups is 2. The Hall–Kier alpha value is -2.33. The first-order chi connectivity index (χ1) is 14.6. The van der Waals surface area contributed by atoms with Gasteiger partial charge in [-0.05, 0) is 56.4 Å². The van der Waals surface area contributed by atoms with Crippen LogP contribution >= 0.6 is 11.8 Å². The van der Waals surface area contributed by atoms with Crippen LogP contribution in [0, 0.1) is 22.7 Å². The Labute approximate surface area is 189 Å². The summed E-state index contributed by atoms with van der Waals surface area (Å²) in [4.78, 5) is 27.0. The molecule has 1 N–H and O–H groups in total. The molecule has 1 aliphatic rings.